The van der Waals surface area contributed by atoms with Gasteiger partial charge in [0.1, 0.15) is 0 Å². The van der Waals surface area contributed by atoms with Crippen LogP contribution in [-0.4, -0.2) is 27.0 Å². The molecule has 0 spiro atoms. The molecule has 0 aliphatic heterocycles. The van der Waals surface area contributed by atoms with Crippen molar-refractivity contribution in [3.05, 3.63) is 201 Å². The molecular formula is C38H32N2O7Si2. The summed E-state index contributed by atoms with van der Waals surface area (Å²) in [5.41, 5.74) is 0.669. The minimum absolute atomic E-state index is 0.0613. The quantitative estimate of drug-likeness (QED) is 0.0814. The van der Waals surface area contributed by atoms with E-state index in [0.29, 0.717) is 11.1 Å². The largest absolute Gasteiger partial charge is 0.401 e. The average molecular weight is 685 g/mol. The number of nitro groups is 2. The van der Waals surface area contributed by atoms with Crippen LogP contribution in [0, 0.1) is 20.2 Å². The van der Waals surface area contributed by atoms with Gasteiger partial charge >= 0.3 is 17.1 Å². The minimum atomic E-state index is -3.88. The summed E-state index contributed by atoms with van der Waals surface area (Å²) in [5.74, 6) is 0. The predicted molar refractivity (Wildman–Crippen MR) is 193 cm³/mol. The minimum Gasteiger partial charge on any atom is -0.401 e. The third-order valence-electron chi connectivity index (χ3n) is 8.14. The van der Waals surface area contributed by atoms with Crippen molar-refractivity contribution in [2.75, 3.05) is 0 Å². The number of benzene rings is 6. The fourth-order valence-corrected chi connectivity index (χ4v) is 14.3. The van der Waals surface area contributed by atoms with Gasteiger partial charge in [-0.3, -0.25) is 20.2 Å². The average Bonchev–Trinajstić information content (AvgIpc) is 3.16. The van der Waals surface area contributed by atoms with E-state index in [4.69, 9.17) is 13.0 Å². The lowest BCUT2D eigenvalue weighted by atomic mass is 10.2. The third-order valence-corrected chi connectivity index (χ3v) is 15.9. The maximum absolute atomic E-state index is 12.0. The summed E-state index contributed by atoms with van der Waals surface area (Å²) in [7, 11) is -7.77. The number of rotatable bonds is 14. The molecule has 11 heteroatoms. The second-order valence-electron chi connectivity index (χ2n) is 11.1. The highest BCUT2D eigenvalue weighted by Gasteiger charge is 2.55. The number of hydrogen-bond acceptors (Lipinski definition) is 7. The number of nitro benzene ring substituents is 2. The molecule has 0 bridgehead atoms. The smallest absolute Gasteiger partial charge is 0.399 e. The summed E-state index contributed by atoms with van der Waals surface area (Å²) in [6.07, 6.45) is 0. The molecule has 0 amide bonds. The number of nitrogens with zero attached hydrogens (tertiary/aromatic N) is 2. The molecule has 0 saturated carbocycles. The molecule has 9 nitrogen and oxygen atoms in total. The zero-order valence-corrected chi connectivity index (χ0v) is 28.3. The topological polar surface area (TPSA) is 114 Å². The van der Waals surface area contributed by atoms with Crippen molar-refractivity contribution in [3.8, 4) is 0 Å². The van der Waals surface area contributed by atoms with Crippen molar-refractivity contribution in [2.45, 2.75) is 13.2 Å². The van der Waals surface area contributed by atoms with Crippen molar-refractivity contribution >= 4 is 49.2 Å². The van der Waals surface area contributed by atoms with E-state index in [1.54, 1.807) is 36.4 Å². The van der Waals surface area contributed by atoms with Gasteiger partial charge in [0.05, 0.1) is 34.2 Å². The maximum atomic E-state index is 12.0. The molecule has 0 saturated heterocycles. The molecule has 0 aliphatic rings. The van der Waals surface area contributed by atoms with Crippen LogP contribution in [0.15, 0.2) is 170 Å². The van der Waals surface area contributed by atoms with E-state index in [1.807, 2.05) is 121 Å². The van der Waals surface area contributed by atoms with Crippen molar-refractivity contribution in [1.82, 2.24) is 0 Å². The highest BCUT2D eigenvalue weighted by atomic mass is 28.5. The Kier molecular flexibility index (Phi) is 10.3. The monoisotopic (exact) mass is 684 g/mol. The first-order valence-corrected chi connectivity index (χ1v) is 19.2. The molecule has 6 aromatic rings. The van der Waals surface area contributed by atoms with Crippen molar-refractivity contribution in [3.63, 3.8) is 0 Å². The molecule has 0 aliphatic carbocycles. The Hall–Kier alpha value is -5.57. The zero-order chi connectivity index (χ0) is 34.1. The standard InChI is InChI=1S/C38H32N2O7Si2/c41-39(42)37-27-15-13-17-31(37)29-45-48(33-19-5-1-6-20-33,34-21-7-2-8-22-34)47-49(35-23-9-3-10-24-35,36-25-11-4-12-26-36)46-30-32-18-14-16-28-38(32)40(43)44/h1-28H,29-30H2. The molecule has 0 unspecified atom stereocenters. The Bertz CT molecular complexity index is 1790. The highest BCUT2D eigenvalue weighted by Crippen LogP contribution is 2.26. The molecule has 6 aromatic carbocycles. The molecule has 0 radical (unpaired) electrons. The van der Waals surface area contributed by atoms with Crippen LogP contribution in [0.25, 0.3) is 0 Å². The first-order valence-electron chi connectivity index (χ1n) is 15.6. The second-order valence-corrected chi connectivity index (χ2v) is 17.3. The van der Waals surface area contributed by atoms with Crippen LogP contribution >= 0.6 is 0 Å². The van der Waals surface area contributed by atoms with Gasteiger partial charge in [0.25, 0.3) is 11.4 Å². The van der Waals surface area contributed by atoms with E-state index in [-0.39, 0.29) is 24.6 Å². The first-order chi connectivity index (χ1) is 23.9. The Labute approximate surface area is 285 Å². The van der Waals surface area contributed by atoms with Crippen LogP contribution in [0.1, 0.15) is 11.1 Å². The van der Waals surface area contributed by atoms with Crippen LogP contribution in [0.3, 0.4) is 0 Å². The van der Waals surface area contributed by atoms with Crippen LogP contribution in [0.2, 0.25) is 0 Å². The van der Waals surface area contributed by atoms with Crippen LogP contribution in [0.4, 0.5) is 11.4 Å². The lowest BCUT2D eigenvalue weighted by molar-refractivity contribution is -0.386. The van der Waals surface area contributed by atoms with Gasteiger partial charge in [-0.2, -0.15) is 0 Å². The summed E-state index contributed by atoms with van der Waals surface area (Å²) >= 11 is 0. The molecule has 6 rings (SSSR count). The summed E-state index contributed by atoms with van der Waals surface area (Å²) in [5, 5.41) is 27.1. The SMILES string of the molecule is O=[N+]([O-])c1ccccc1CO[Si](O[Si](OCc1ccccc1[N+](=O)[O-])(c1ccccc1)c1ccccc1)(c1ccccc1)c1ccccc1. The zero-order valence-electron chi connectivity index (χ0n) is 26.3. The molecule has 49 heavy (non-hydrogen) atoms. The normalized spacial score (nSPS) is 11.6. The van der Waals surface area contributed by atoms with Gasteiger partial charge in [0.2, 0.25) is 0 Å². The van der Waals surface area contributed by atoms with Gasteiger partial charge in [-0.05, 0) is 32.9 Å². The van der Waals surface area contributed by atoms with Gasteiger partial charge in [0, 0.05) is 12.1 Å². The molecule has 0 N–H and O–H groups in total. The Balaban J connectivity index is 1.60. The fraction of sp³-hybridized carbons (Fsp3) is 0.0526. The van der Waals surface area contributed by atoms with E-state index >= 15 is 0 Å². The summed E-state index contributed by atoms with van der Waals surface area (Å²) < 4.78 is 21.8. The van der Waals surface area contributed by atoms with Gasteiger partial charge in [0.15, 0.2) is 0 Å². The van der Waals surface area contributed by atoms with E-state index in [2.05, 4.69) is 0 Å². The van der Waals surface area contributed by atoms with E-state index in [9.17, 15) is 20.2 Å². The highest BCUT2D eigenvalue weighted by molar-refractivity contribution is 7.04. The summed E-state index contributed by atoms with van der Waals surface area (Å²) in [4.78, 5) is 23.3. The lowest BCUT2D eigenvalue weighted by Crippen LogP contribution is -2.75. The fourth-order valence-electron chi connectivity index (χ4n) is 5.77. The molecule has 0 fully saturated rings. The van der Waals surface area contributed by atoms with Crippen LogP contribution in [0.5, 0.6) is 0 Å². The van der Waals surface area contributed by atoms with Crippen LogP contribution < -0.4 is 20.7 Å². The number of hydrogen-bond donors (Lipinski definition) is 0. The predicted octanol–water partition coefficient (Wildman–Crippen LogP) is 5.77. The second kappa shape index (κ2) is 15.1. The molecule has 244 valence electrons. The van der Waals surface area contributed by atoms with E-state index < -0.39 is 27.0 Å². The van der Waals surface area contributed by atoms with Gasteiger partial charge in [-0.25, -0.2) is 0 Å². The lowest BCUT2D eigenvalue weighted by Gasteiger charge is -2.41. The van der Waals surface area contributed by atoms with E-state index in [1.165, 1.54) is 12.1 Å². The van der Waals surface area contributed by atoms with Crippen LogP contribution in [-0.2, 0) is 26.2 Å². The Morgan fingerprint density at radius 3 is 0.959 bits per heavy atom. The number of para-hydroxylation sites is 2. The molecular weight excluding hydrogens is 653 g/mol. The van der Waals surface area contributed by atoms with Crippen molar-refractivity contribution in [2.24, 2.45) is 0 Å². The summed E-state index contributed by atoms with van der Waals surface area (Å²) in [6.45, 7) is -0.239. The summed E-state index contributed by atoms with van der Waals surface area (Å²) in [6, 6.07) is 51.3. The molecule has 0 aromatic heterocycles. The van der Waals surface area contributed by atoms with Gasteiger partial charge < -0.3 is 13.0 Å². The third kappa shape index (κ3) is 7.16. The van der Waals surface area contributed by atoms with Crippen molar-refractivity contribution < 1.29 is 22.8 Å². The van der Waals surface area contributed by atoms with Crippen molar-refractivity contribution in [1.29, 1.82) is 0 Å². The van der Waals surface area contributed by atoms with Gasteiger partial charge in [-0.1, -0.05) is 146 Å². The Morgan fingerprint density at radius 2 is 0.673 bits per heavy atom. The van der Waals surface area contributed by atoms with Gasteiger partial charge in [-0.15, -0.1) is 0 Å². The molecule has 0 heterocycles. The molecule has 0 atom stereocenters. The van der Waals surface area contributed by atoms with E-state index in [0.717, 1.165) is 20.7 Å². The maximum Gasteiger partial charge on any atom is 0.399 e. The Morgan fingerprint density at radius 1 is 0.408 bits per heavy atom. The first kappa shape index (κ1) is 33.3.